The van der Waals surface area contributed by atoms with Crippen molar-refractivity contribution in [1.29, 1.82) is 5.41 Å². The van der Waals surface area contributed by atoms with Crippen LogP contribution in [-0.4, -0.2) is 60.3 Å². The summed E-state index contributed by atoms with van der Waals surface area (Å²) >= 11 is 0. The maximum atomic E-state index is 12.0. The van der Waals surface area contributed by atoms with Crippen molar-refractivity contribution in [2.45, 2.75) is 24.5 Å². The number of hydrogen-bond donors (Lipinski definition) is 6. The van der Waals surface area contributed by atoms with Crippen molar-refractivity contribution < 1.29 is 20.1 Å². The Bertz CT molecular complexity index is 733. The van der Waals surface area contributed by atoms with Crippen LogP contribution in [0.25, 0.3) is 0 Å². The van der Waals surface area contributed by atoms with E-state index in [1.165, 1.54) is 0 Å². The molecule has 1 aliphatic rings. The van der Waals surface area contributed by atoms with Gasteiger partial charge in [-0.05, 0) is 0 Å². The lowest BCUT2D eigenvalue weighted by molar-refractivity contribution is -0.0575. The van der Waals surface area contributed by atoms with E-state index in [0.717, 1.165) is 0 Å². The molecule has 2 rings (SSSR count). The lowest BCUT2D eigenvalue weighted by Crippen LogP contribution is -2.55. The van der Waals surface area contributed by atoms with Crippen LogP contribution in [0.1, 0.15) is 6.23 Å². The molecule has 0 saturated carbocycles. The Morgan fingerprint density at radius 3 is 2.38 bits per heavy atom. The van der Waals surface area contributed by atoms with E-state index in [2.05, 4.69) is 0 Å². The van der Waals surface area contributed by atoms with Crippen LogP contribution in [0.15, 0.2) is 14.4 Å². The van der Waals surface area contributed by atoms with E-state index in [9.17, 15) is 24.6 Å². The highest BCUT2D eigenvalue weighted by Gasteiger charge is 2.44. The number of nitrogens with one attached hydrogen (secondary N) is 2. The SMILES string of the molecule is N=C(N)n1c(=O)[nH]c(=O)n([C@@H]2O[C@H](CO)[C@@H](O)[C@H]2O)c1=O. The molecule has 0 amide bonds. The van der Waals surface area contributed by atoms with Crippen molar-refractivity contribution in [3.05, 3.63) is 31.5 Å². The van der Waals surface area contributed by atoms with Gasteiger partial charge < -0.3 is 25.8 Å². The maximum Gasteiger partial charge on any atom is 0.345 e. The number of nitrogens with zero attached hydrogens (tertiary/aromatic N) is 2. The highest BCUT2D eigenvalue weighted by Crippen LogP contribution is 2.26. The van der Waals surface area contributed by atoms with Crippen LogP contribution in [0.3, 0.4) is 0 Å². The van der Waals surface area contributed by atoms with Gasteiger partial charge in [-0.25, -0.2) is 19.0 Å². The Morgan fingerprint density at radius 2 is 1.90 bits per heavy atom. The first-order valence-electron chi connectivity index (χ1n) is 5.74. The Labute approximate surface area is 115 Å². The van der Waals surface area contributed by atoms with E-state index < -0.39 is 54.2 Å². The van der Waals surface area contributed by atoms with E-state index in [4.69, 9.17) is 21.0 Å². The largest absolute Gasteiger partial charge is 0.394 e. The number of aromatic amines is 1. The van der Waals surface area contributed by atoms with Crippen molar-refractivity contribution >= 4 is 5.96 Å². The molecule has 0 aromatic carbocycles. The molecule has 12 heteroatoms. The summed E-state index contributed by atoms with van der Waals surface area (Å²) in [7, 11) is 0. The van der Waals surface area contributed by atoms with Gasteiger partial charge in [0.25, 0.3) is 0 Å². The van der Waals surface area contributed by atoms with E-state index in [-0.39, 0.29) is 4.57 Å². The molecule has 4 atom stereocenters. The number of aromatic nitrogens is 3. The number of H-pyrrole nitrogens is 1. The average molecular weight is 303 g/mol. The van der Waals surface area contributed by atoms with E-state index in [1.807, 2.05) is 0 Å². The van der Waals surface area contributed by atoms with Crippen LogP contribution < -0.4 is 22.8 Å². The number of nitrogen functional groups attached to an aromatic ring is 1. The first-order valence-corrected chi connectivity index (χ1v) is 5.74. The Balaban J connectivity index is 2.64. The lowest BCUT2D eigenvalue weighted by Gasteiger charge is -2.16. The summed E-state index contributed by atoms with van der Waals surface area (Å²) in [5, 5.41) is 35.5. The number of ether oxygens (including phenoxy) is 1. The predicted molar refractivity (Wildman–Crippen MR) is 65.9 cm³/mol. The maximum absolute atomic E-state index is 12.0. The Morgan fingerprint density at radius 1 is 1.29 bits per heavy atom. The standard InChI is InChI=1S/C9H13N5O7/c10-6(11)14-8(19)12-7(18)13(9(14)20)5-4(17)3(16)2(1-15)21-5/h2-5,15-17H,1H2,(H3,10,11)(H,12,18,19)/t2-,3-,4-,5-/m1/s1. The minimum Gasteiger partial charge on any atom is -0.394 e. The molecule has 1 saturated heterocycles. The topological polar surface area (TPSA) is 197 Å². The second kappa shape index (κ2) is 5.25. The molecule has 0 unspecified atom stereocenters. The van der Waals surface area contributed by atoms with E-state index in [1.54, 1.807) is 4.98 Å². The zero-order valence-corrected chi connectivity index (χ0v) is 10.5. The summed E-state index contributed by atoms with van der Waals surface area (Å²) in [6.45, 7) is -0.659. The molecule has 116 valence electrons. The van der Waals surface area contributed by atoms with Crippen LogP contribution in [-0.2, 0) is 4.74 Å². The molecular formula is C9H13N5O7. The van der Waals surface area contributed by atoms with Crippen LogP contribution in [0.2, 0.25) is 0 Å². The third-order valence-electron chi connectivity index (χ3n) is 3.05. The van der Waals surface area contributed by atoms with Crippen molar-refractivity contribution in [1.82, 2.24) is 14.1 Å². The molecule has 0 spiro atoms. The summed E-state index contributed by atoms with van der Waals surface area (Å²) in [5.41, 5.74) is 1.32. The van der Waals surface area contributed by atoms with Gasteiger partial charge in [0, 0.05) is 0 Å². The fraction of sp³-hybridized carbons (Fsp3) is 0.556. The molecule has 1 aromatic rings. The molecule has 0 aliphatic carbocycles. The Kier molecular flexibility index (Phi) is 3.78. The van der Waals surface area contributed by atoms with E-state index in [0.29, 0.717) is 4.57 Å². The molecule has 7 N–H and O–H groups in total. The molecule has 21 heavy (non-hydrogen) atoms. The number of hydrogen-bond acceptors (Lipinski definition) is 8. The van der Waals surface area contributed by atoms with Crippen LogP contribution in [0.4, 0.5) is 0 Å². The average Bonchev–Trinajstić information content (AvgIpc) is 2.65. The second-order valence-electron chi connectivity index (χ2n) is 4.34. The third kappa shape index (κ3) is 2.29. The minimum absolute atomic E-state index is 0.149. The number of rotatable bonds is 2. The van der Waals surface area contributed by atoms with Crippen LogP contribution >= 0.6 is 0 Å². The van der Waals surface area contributed by atoms with Gasteiger partial charge in [-0.3, -0.25) is 10.4 Å². The molecule has 1 fully saturated rings. The quantitative estimate of drug-likeness (QED) is 0.230. The summed E-state index contributed by atoms with van der Waals surface area (Å²) in [6.07, 6.45) is -6.09. The zero-order valence-electron chi connectivity index (χ0n) is 10.5. The first kappa shape index (κ1) is 15.1. The van der Waals surface area contributed by atoms with Gasteiger partial charge in [-0.1, -0.05) is 0 Å². The second-order valence-corrected chi connectivity index (χ2v) is 4.34. The molecule has 2 heterocycles. The Hall–Kier alpha value is -2.28. The number of nitrogens with two attached hydrogens (primary N) is 1. The smallest absolute Gasteiger partial charge is 0.345 e. The fourth-order valence-corrected chi connectivity index (χ4v) is 2.02. The molecule has 12 nitrogen and oxygen atoms in total. The summed E-state index contributed by atoms with van der Waals surface area (Å²) < 4.78 is 5.47. The van der Waals surface area contributed by atoms with Gasteiger partial charge >= 0.3 is 17.1 Å². The van der Waals surface area contributed by atoms with Gasteiger partial charge in [-0.15, -0.1) is 0 Å². The van der Waals surface area contributed by atoms with Crippen LogP contribution in [0, 0.1) is 5.41 Å². The number of aliphatic hydroxyl groups is 3. The van der Waals surface area contributed by atoms with E-state index >= 15 is 0 Å². The zero-order chi connectivity index (χ0) is 15.9. The summed E-state index contributed by atoms with van der Waals surface area (Å²) in [4.78, 5) is 36.9. The molecule has 1 aromatic heterocycles. The third-order valence-corrected chi connectivity index (χ3v) is 3.05. The molecular weight excluding hydrogens is 290 g/mol. The minimum atomic E-state index is -1.70. The fourth-order valence-electron chi connectivity index (χ4n) is 2.02. The van der Waals surface area contributed by atoms with Crippen molar-refractivity contribution in [3.8, 4) is 0 Å². The summed E-state index contributed by atoms with van der Waals surface area (Å²) in [6, 6.07) is 0. The van der Waals surface area contributed by atoms with Crippen molar-refractivity contribution in [3.63, 3.8) is 0 Å². The van der Waals surface area contributed by atoms with Crippen molar-refractivity contribution in [2.24, 2.45) is 5.73 Å². The van der Waals surface area contributed by atoms with Gasteiger partial charge in [0.2, 0.25) is 5.96 Å². The monoisotopic (exact) mass is 303 g/mol. The highest BCUT2D eigenvalue weighted by atomic mass is 16.6. The first-order chi connectivity index (χ1) is 9.79. The van der Waals surface area contributed by atoms with Crippen molar-refractivity contribution in [2.75, 3.05) is 6.61 Å². The van der Waals surface area contributed by atoms with Gasteiger partial charge in [0.05, 0.1) is 6.61 Å². The van der Waals surface area contributed by atoms with Gasteiger partial charge in [-0.2, -0.15) is 4.57 Å². The summed E-state index contributed by atoms with van der Waals surface area (Å²) in [5.74, 6) is -0.943. The van der Waals surface area contributed by atoms with Gasteiger partial charge in [0.1, 0.15) is 18.3 Å². The lowest BCUT2D eigenvalue weighted by atomic mass is 10.1. The molecule has 0 bridgehead atoms. The van der Waals surface area contributed by atoms with Gasteiger partial charge in [0.15, 0.2) is 6.23 Å². The number of aliphatic hydroxyl groups excluding tert-OH is 3. The predicted octanol–water partition coefficient (Wildman–Crippen LogP) is -4.95. The van der Waals surface area contributed by atoms with Crippen LogP contribution in [0.5, 0.6) is 0 Å². The normalized spacial score (nSPS) is 28.7. The highest BCUT2D eigenvalue weighted by molar-refractivity contribution is 5.76. The molecule has 1 aliphatic heterocycles. The molecule has 0 radical (unpaired) electrons.